The van der Waals surface area contributed by atoms with E-state index in [9.17, 15) is 24.0 Å². The SMILES string of the molecule is C[C@H](NC(=O)CNC(=O)[C@H](CS)N[Se]C(=O)[C@@H](N)CS)C(=O)N1CCC[C@H]1C(=O)O. The molecule has 0 radical (unpaired) electrons. The topological polar surface area (TPSA) is 171 Å². The quantitative estimate of drug-likeness (QED) is 0.104. The van der Waals surface area contributed by atoms with Crippen molar-refractivity contribution in [3.8, 4) is 0 Å². The van der Waals surface area contributed by atoms with Crippen LogP contribution in [-0.2, 0) is 24.0 Å². The molecule has 0 aliphatic carbocycles. The second-order valence-corrected chi connectivity index (χ2v) is 9.10. The van der Waals surface area contributed by atoms with Crippen molar-refractivity contribution in [2.45, 2.75) is 43.9 Å². The summed E-state index contributed by atoms with van der Waals surface area (Å²) in [4.78, 5) is 60.9. The molecule has 11 nitrogen and oxygen atoms in total. The number of amides is 3. The van der Waals surface area contributed by atoms with Crippen LogP contribution < -0.4 is 20.7 Å². The zero-order valence-corrected chi connectivity index (χ0v) is 19.9. The van der Waals surface area contributed by atoms with Crippen LogP contribution in [0.2, 0.25) is 0 Å². The Morgan fingerprint density at radius 3 is 2.47 bits per heavy atom. The van der Waals surface area contributed by atoms with Gasteiger partial charge in [-0.15, -0.1) is 0 Å². The molecular formula is C16H27N5O6S2Se. The van der Waals surface area contributed by atoms with Crippen molar-refractivity contribution in [2.24, 2.45) is 5.73 Å². The van der Waals surface area contributed by atoms with Gasteiger partial charge in [0.1, 0.15) is 0 Å². The van der Waals surface area contributed by atoms with Gasteiger partial charge in [0.2, 0.25) is 0 Å². The average molecular weight is 529 g/mol. The van der Waals surface area contributed by atoms with E-state index in [4.69, 9.17) is 10.8 Å². The Balaban J connectivity index is 2.46. The number of nitrogens with two attached hydrogens (primary N) is 1. The molecule has 1 heterocycles. The van der Waals surface area contributed by atoms with E-state index < -0.39 is 63.0 Å². The van der Waals surface area contributed by atoms with Crippen molar-refractivity contribution in [2.75, 3.05) is 24.6 Å². The fourth-order valence-electron chi connectivity index (χ4n) is 2.63. The molecule has 0 aromatic carbocycles. The summed E-state index contributed by atoms with van der Waals surface area (Å²) in [5.41, 5.74) is 5.57. The maximum atomic E-state index is 12.4. The van der Waals surface area contributed by atoms with Crippen molar-refractivity contribution in [1.29, 1.82) is 0 Å². The van der Waals surface area contributed by atoms with Crippen molar-refractivity contribution in [3.63, 3.8) is 0 Å². The summed E-state index contributed by atoms with van der Waals surface area (Å²) >= 11 is 7.27. The van der Waals surface area contributed by atoms with Gasteiger partial charge in [-0.1, -0.05) is 0 Å². The molecule has 1 rings (SSSR count). The summed E-state index contributed by atoms with van der Waals surface area (Å²) in [6.45, 7) is 1.39. The van der Waals surface area contributed by atoms with Crippen LogP contribution in [0.5, 0.6) is 0 Å². The van der Waals surface area contributed by atoms with Crippen molar-refractivity contribution < 1.29 is 29.1 Å². The van der Waals surface area contributed by atoms with Gasteiger partial charge in [-0.3, -0.25) is 0 Å². The van der Waals surface area contributed by atoms with Gasteiger partial charge in [0, 0.05) is 0 Å². The first kappa shape index (κ1) is 26.7. The smallest absolute Gasteiger partial charge is 0.480 e. The average Bonchev–Trinajstić information content (AvgIpc) is 3.21. The van der Waals surface area contributed by atoms with Crippen LogP contribution in [-0.4, -0.2) is 102 Å². The Hall–Kier alpha value is -1.31. The number of thiol groups is 2. The molecule has 170 valence electrons. The van der Waals surface area contributed by atoms with Crippen LogP contribution in [0.3, 0.4) is 0 Å². The molecule has 1 saturated heterocycles. The van der Waals surface area contributed by atoms with Gasteiger partial charge in [-0.05, 0) is 0 Å². The minimum Gasteiger partial charge on any atom is -0.480 e. The number of carboxylic acids is 1. The van der Waals surface area contributed by atoms with Crippen LogP contribution in [0.4, 0.5) is 0 Å². The number of carbonyl (C=O) groups excluding carboxylic acids is 4. The van der Waals surface area contributed by atoms with E-state index in [2.05, 4.69) is 40.2 Å². The van der Waals surface area contributed by atoms with Crippen LogP contribution in [0.25, 0.3) is 0 Å². The molecule has 0 aromatic heterocycles. The predicted molar refractivity (Wildman–Crippen MR) is 116 cm³/mol. The standard InChI is InChI=1S/C16H27N5O6S2Se/c1-8(14(24)21-4-2-3-11(21)15(25)26)19-12(22)5-18-13(23)10(7-29)20-30-16(27)9(17)6-28/h8-11,20,28-29H,2-7,17H2,1H3,(H,18,23)(H,19,22)(H,25,26)/t8-,9-,10-,11-/m0/s1. The van der Waals surface area contributed by atoms with Gasteiger partial charge in [-0.25, -0.2) is 4.79 Å². The predicted octanol–water partition coefficient (Wildman–Crippen LogP) is -3.03. The molecule has 30 heavy (non-hydrogen) atoms. The summed E-state index contributed by atoms with van der Waals surface area (Å²) < 4.78 is 2.54. The Kier molecular flexibility index (Phi) is 11.7. The molecule has 1 fully saturated rings. The first-order valence-electron chi connectivity index (χ1n) is 9.16. The van der Waals surface area contributed by atoms with E-state index in [1.807, 2.05) is 0 Å². The van der Waals surface area contributed by atoms with Crippen molar-refractivity contribution in [3.05, 3.63) is 0 Å². The van der Waals surface area contributed by atoms with E-state index in [-0.39, 0.29) is 22.7 Å². The van der Waals surface area contributed by atoms with Gasteiger partial charge in [0.15, 0.2) is 0 Å². The maximum absolute atomic E-state index is 12.4. The molecule has 0 unspecified atom stereocenters. The first-order valence-corrected chi connectivity index (χ1v) is 12.1. The molecule has 0 spiro atoms. The molecule has 0 aromatic rings. The van der Waals surface area contributed by atoms with Crippen molar-refractivity contribution >= 4 is 68.8 Å². The molecule has 3 amide bonds. The molecule has 4 atom stereocenters. The van der Waals surface area contributed by atoms with Gasteiger partial charge in [-0.2, -0.15) is 0 Å². The number of likely N-dealkylation sites (tertiary alicyclic amines) is 1. The molecule has 14 heteroatoms. The Morgan fingerprint density at radius 1 is 1.23 bits per heavy atom. The van der Waals surface area contributed by atoms with Crippen LogP contribution in [0.1, 0.15) is 19.8 Å². The number of aliphatic carboxylic acids is 1. The van der Waals surface area contributed by atoms with Crippen LogP contribution in [0.15, 0.2) is 0 Å². The molecule has 1 aliphatic heterocycles. The minimum absolute atomic E-state index is 0.0963. The third kappa shape index (κ3) is 8.08. The van der Waals surface area contributed by atoms with Gasteiger partial charge < -0.3 is 5.11 Å². The third-order valence-electron chi connectivity index (χ3n) is 4.29. The van der Waals surface area contributed by atoms with Crippen LogP contribution in [0, 0.1) is 0 Å². The number of carboxylic acid groups (broad SMARTS) is 1. The van der Waals surface area contributed by atoms with Gasteiger partial charge in [0.25, 0.3) is 0 Å². The minimum atomic E-state index is -1.08. The fraction of sp³-hybridized carbons (Fsp3) is 0.688. The molecule has 0 bridgehead atoms. The number of hydrogen-bond donors (Lipinski definition) is 7. The zero-order valence-electron chi connectivity index (χ0n) is 16.4. The van der Waals surface area contributed by atoms with E-state index in [1.165, 1.54) is 11.8 Å². The van der Waals surface area contributed by atoms with E-state index in [0.29, 0.717) is 19.4 Å². The number of rotatable bonds is 12. The number of hydrogen-bond acceptors (Lipinski definition) is 9. The zero-order chi connectivity index (χ0) is 22.8. The number of nitrogens with one attached hydrogen (secondary N) is 3. The summed E-state index contributed by atoms with van der Waals surface area (Å²) in [6, 6.07) is -3.33. The van der Waals surface area contributed by atoms with Gasteiger partial charge in [0.05, 0.1) is 0 Å². The summed E-state index contributed by atoms with van der Waals surface area (Å²) in [6.07, 6.45) is 0.958. The van der Waals surface area contributed by atoms with E-state index >= 15 is 0 Å². The van der Waals surface area contributed by atoms with Gasteiger partial charge >= 0.3 is 182 Å². The summed E-state index contributed by atoms with van der Waals surface area (Å²) in [7, 11) is 0. The van der Waals surface area contributed by atoms with E-state index in [0.717, 1.165) is 0 Å². The van der Waals surface area contributed by atoms with E-state index in [1.54, 1.807) is 0 Å². The summed E-state index contributed by atoms with van der Waals surface area (Å²) in [5.74, 6) is -2.41. The second kappa shape index (κ2) is 13.2. The Morgan fingerprint density at radius 2 is 1.90 bits per heavy atom. The molecular weight excluding hydrogens is 501 g/mol. The normalized spacial score (nSPS) is 18.9. The first-order chi connectivity index (χ1) is 14.1. The molecule has 1 aliphatic rings. The van der Waals surface area contributed by atoms with Crippen molar-refractivity contribution in [1.82, 2.24) is 19.9 Å². The Labute approximate surface area is 191 Å². The third-order valence-corrected chi connectivity index (χ3v) is 6.95. The fourth-order valence-corrected chi connectivity index (χ4v) is 5.05. The van der Waals surface area contributed by atoms with Crippen LogP contribution >= 0.6 is 25.3 Å². The molecule has 0 saturated carbocycles. The monoisotopic (exact) mass is 529 g/mol. The second-order valence-electron chi connectivity index (χ2n) is 6.60. The number of nitrogens with zero attached hydrogens (tertiary/aromatic N) is 1. The summed E-state index contributed by atoms with van der Waals surface area (Å²) in [5, 5.41) is 14.0. The molecule has 6 N–H and O–H groups in total. The number of carbonyl (C=O) groups is 5. The Bertz CT molecular complexity index is 670.